The van der Waals surface area contributed by atoms with Gasteiger partial charge in [-0.1, -0.05) is 18.2 Å². The van der Waals surface area contributed by atoms with E-state index in [0.717, 1.165) is 5.71 Å². The molecule has 0 heterocycles. The lowest BCUT2D eigenvalue weighted by atomic mass is 10.3. The average Bonchev–Trinajstić information content (AvgIpc) is 2.01. The van der Waals surface area contributed by atoms with Gasteiger partial charge >= 0.3 is 0 Å². The minimum atomic E-state index is 0.980. The fourth-order valence-electron chi connectivity index (χ4n) is 0.644. The second-order valence-electron chi connectivity index (χ2n) is 2.04. The summed E-state index contributed by atoms with van der Waals surface area (Å²) in [4.78, 5) is 4.18. The molecule has 0 fully saturated rings. The van der Waals surface area contributed by atoms with Crippen molar-refractivity contribution < 1.29 is 0 Å². The molecule has 60 valence electrons. The molecular formula is C10H15N. The number of allylic oxidation sites excluding steroid dienone is 5. The summed E-state index contributed by atoms with van der Waals surface area (Å²) in [5.74, 6) is 0. The maximum absolute atomic E-state index is 4.18. The van der Waals surface area contributed by atoms with Crippen molar-refractivity contribution in [2.75, 3.05) is 0 Å². The predicted molar refractivity (Wildman–Crippen MR) is 51.9 cm³/mol. The zero-order chi connectivity index (χ0) is 8.53. The van der Waals surface area contributed by atoms with Gasteiger partial charge in [-0.15, -0.1) is 0 Å². The van der Waals surface area contributed by atoms with Crippen molar-refractivity contribution in [3.8, 4) is 0 Å². The van der Waals surface area contributed by atoms with Crippen LogP contribution in [0.25, 0.3) is 0 Å². The summed E-state index contributed by atoms with van der Waals surface area (Å²) in [5, 5.41) is 0. The van der Waals surface area contributed by atoms with E-state index < -0.39 is 0 Å². The van der Waals surface area contributed by atoms with Gasteiger partial charge in [-0.2, -0.15) is 0 Å². The molecule has 0 aliphatic rings. The van der Waals surface area contributed by atoms with E-state index in [4.69, 9.17) is 0 Å². The van der Waals surface area contributed by atoms with E-state index in [1.54, 1.807) is 6.20 Å². The average molecular weight is 149 g/mol. The Labute approximate surface area is 68.9 Å². The molecule has 1 heteroatoms. The van der Waals surface area contributed by atoms with Crippen LogP contribution in [0.2, 0.25) is 0 Å². The van der Waals surface area contributed by atoms with E-state index in [9.17, 15) is 0 Å². The molecule has 0 aliphatic heterocycles. The Hall–Kier alpha value is -1.11. The monoisotopic (exact) mass is 149 g/mol. The van der Waals surface area contributed by atoms with Crippen molar-refractivity contribution >= 4 is 5.71 Å². The Morgan fingerprint density at radius 2 is 1.45 bits per heavy atom. The number of hydrogen-bond donors (Lipinski definition) is 0. The molecule has 0 saturated heterocycles. The highest BCUT2D eigenvalue weighted by Gasteiger charge is 1.80. The maximum atomic E-state index is 4.18. The van der Waals surface area contributed by atoms with Crippen LogP contribution < -0.4 is 0 Å². The minimum absolute atomic E-state index is 0.980. The Balaban J connectivity index is 4.31. The number of hydrogen-bond acceptors (Lipinski definition) is 1. The van der Waals surface area contributed by atoms with Gasteiger partial charge in [0.15, 0.2) is 0 Å². The second kappa shape index (κ2) is 7.00. The lowest BCUT2D eigenvalue weighted by Crippen LogP contribution is -1.84. The van der Waals surface area contributed by atoms with E-state index in [0.29, 0.717) is 0 Å². The Kier molecular flexibility index (Phi) is 6.30. The summed E-state index contributed by atoms with van der Waals surface area (Å²) in [6, 6.07) is 0. The Morgan fingerprint density at radius 1 is 0.909 bits per heavy atom. The van der Waals surface area contributed by atoms with Crippen molar-refractivity contribution in [3.63, 3.8) is 0 Å². The number of aliphatic imine (C=N–C) groups is 1. The molecule has 0 aromatic heterocycles. The van der Waals surface area contributed by atoms with Gasteiger partial charge in [0.25, 0.3) is 0 Å². The first-order chi connectivity index (χ1) is 5.35. The zero-order valence-electron chi connectivity index (χ0n) is 7.41. The highest BCUT2D eigenvalue weighted by molar-refractivity contribution is 6.04. The fraction of sp³-hybridized carbons (Fsp3) is 0.300. The molecule has 0 radical (unpaired) electrons. The third-order valence-electron chi connectivity index (χ3n) is 1.05. The normalized spacial score (nSPS) is 11.9. The van der Waals surface area contributed by atoms with Gasteiger partial charge in [0, 0.05) is 6.20 Å². The van der Waals surface area contributed by atoms with Crippen molar-refractivity contribution in [1.82, 2.24) is 0 Å². The van der Waals surface area contributed by atoms with E-state index >= 15 is 0 Å². The van der Waals surface area contributed by atoms with Crippen LogP contribution in [-0.2, 0) is 0 Å². The minimum Gasteiger partial charge on any atom is -0.257 e. The third kappa shape index (κ3) is 5.34. The standard InChI is InChI=1S/C10H15N/c1-4-7-10(8-5-2)11-9-6-3/h4-9H,1-3H3. The highest BCUT2D eigenvalue weighted by atomic mass is 14.7. The van der Waals surface area contributed by atoms with Gasteiger partial charge in [0.05, 0.1) is 5.71 Å². The smallest absolute Gasteiger partial charge is 0.0622 e. The molecule has 0 aromatic rings. The van der Waals surface area contributed by atoms with Crippen molar-refractivity contribution in [2.24, 2.45) is 4.99 Å². The van der Waals surface area contributed by atoms with Crippen LogP contribution in [0.1, 0.15) is 20.8 Å². The molecule has 0 aromatic carbocycles. The topological polar surface area (TPSA) is 12.4 Å². The van der Waals surface area contributed by atoms with Crippen LogP contribution >= 0.6 is 0 Å². The largest absolute Gasteiger partial charge is 0.257 e. The quantitative estimate of drug-likeness (QED) is 0.547. The Bertz CT molecular complexity index is 181. The summed E-state index contributed by atoms with van der Waals surface area (Å²) in [5.41, 5.74) is 0.980. The summed E-state index contributed by atoms with van der Waals surface area (Å²) in [7, 11) is 0. The zero-order valence-corrected chi connectivity index (χ0v) is 7.41. The van der Waals surface area contributed by atoms with Gasteiger partial charge in [-0.25, -0.2) is 0 Å². The molecule has 0 amide bonds. The molecule has 0 bridgehead atoms. The van der Waals surface area contributed by atoms with E-state index in [1.165, 1.54) is 0 Å². The molecule has 0 unspecified atom stereocenters. The molecule has 1 nitrogen and oxygen atoms in total. The SMILES string of the molecule is CC=CN=C(C=CC)C=CC. The molecule has 0 aliphatic carbocycles. The fourth-order valence-corrected chi connectivity index (χ4v) is 0.644. The predicted octanol–water partition coefficient (Wildman–Crippen LogP) is 3.11. The molecule has 11 heavy (non-hydrogen) atoms. The van der Waals surface area contributed by atoms with E-state index in [-0.39, 0.29) is 0 Å². The Morgan fingerprint density at radius 3 is 1.82 bits per heavy atom. The first-order valence-corrected chi connectivity index (χ1v) is 3.79. The number of rotatable bonds is 3. The lowest BCUT2D eigenvalue weighted by molar-refractivity contribution is 1.52. The first kappa shape index (κ1) is 9.89. The maximum Gasteiger partial charge on any atom is 0.0622 e. The first-order valence-electron chi connectivity index (χ1n) is 3.79. The van der Waals surface area contributed by atoms with Crippen LogP contribution in [0.5, 0.6) is 0 Å². The summed E-state index contributed by atoms with van der Waals surface area (Å²) >= 11 is 0. The molecule has 0 saturated carbocycles. The van der Waals surface area contributed by atoms with Gasteiger partial charge in [-0.05, 0) is 32.9 Å². The second-order valence-corrected chi connectivity index (χ2v) is 2.04. The van der Waals surface area contributed by atoms with Gasteiger partial charge in [0.2, 0.25) is 0 Å². The molecular weight excluding hydrogens is 134 g/mol. The van der Waals surface area contributed by atoms with Gasteiger partial charge < -0.3 is 0 Å². The van der Waals surface area contributed by atoms with Gasteiger partial charge in [-0.3, -0.25) is 4.99 Å². The van der Waals surface area contributed by atoms with Crippen LogP contribution in [-0.4, -0.2) is 5.71 Å². The summed E-state index contributed by atoms with van der Waals surface area (Å²) < 4.78 is 0. The van der Waals surface area contributed by atoms with Crippen molar-refractivity contribution in [2.45, 2.75) is 20.8 Å². The van der Waals surface area contributed by atoms with E-state index in [2.05, 4.69) is 4.99 Å². The van der Waals surface area contributed by atoms with Crippen LogP contribution in [0.4, 0.5) is 0 Å². The van der Waals surface area contributed by atoms with Crippen molar-refractivity contribution in [3.05, 3.63) is 36.6 Å². The molecule has 0 rings (SSSR count). The highest BCUT2D eigenvalue weighted by Crippen LogP contribution is 1.87. The molecule has 0 spiro atoms. The van der Waals surface area contributed by atoms with Crippen LogP contribution in [0.15, 0.2) is 41.6 Å². The summed E-state index contributed by atoms with van der Waals surface area (Å²) in [6.45, 7) is 5.91. The van der Waals surface area contributed by atoms with Crippen LogP contribution in [0, 0.1) is 0 Å². The van der Waals surface area contributed by atoms with Crippen LogP contribution in [0.3, 0.4) is 0 Å². The van der Waals surface area contributed by atoms with Gasteiger partial charge in [0.1, 0.15) is 0 Å². The molecule has 0 N–H and O–H groups in total. The molecule has 0 atom stereocenters. The van der Waals surface area contributed by atoms with E-state index in [1.807, 2.05) is 51.2 Å². The summed E-state index contributed by atoms with van der Waals surface area (Å²) in [6.07, 6.45) is 11.6. The lowest BCUT2D eigenvalue weighted by Gasteiger charge is -1.87. The third-order valence-corrected chi connectivity index (χ3v) is 1.05. The number of nitrogens with zero attached hydrogens (tertiary/aromatic N) is 1. The van der Waals surface area contributed by atoms with Crippen molar-refractivity contribution in [1.29, 1.82) is 0 Å².